The zero-order valence-corrected chi connectivity index (χ0v) is 12.7. The fourth-order valence-electron chi connectivity index (χ4n) is 2.04. The molecule has 1 aromatic carbocycles. The van der Waals surface area contributed by atoms with Gasteiger partial charge in [-0.05, 0) is 30.9 Å². The lowest BCUT2D eigenvalue weighted by molar-refractivity contribution is 0.276. The quantitative estimate of drug-likeness (QED) is 0.820. The van der Waals surface area contributed by atoms with Gasteiger partial charge in [-0.15, -0.1) is 0 Å². The molecular formula is C15H21N3OS. The summed E-state index contributed by atoms with van der Waals surface area (Å²) in [6, 6.07) is 8.68. The van der Waals surface area contributed by atoms with Gasteiger partial charge in [0.1, 0.15) is 0 Å². The zero-order valence-electron chi connectivity index (χ0n) is 11.9. The van der Waals surface area contributed by atoms with Gasteiger partial charge in [0, 0.05) is 35.9 Å². The third-order valence-corrected chi connectivity index (χ3v) is 4.57. The van der Waals surface area contributed by atoms with Crippen molar-refractivity contribution in [3.63, 3.8) is 0 Å². The second-order valence-corrected chi connectivity index (χ2v) is 5.84. The molecule has 2 N–H and O–H groups in total. The molecule has 20 heavy (non-hydrogen) atoms. The van der Waals surface area contributed by atoms with Crippen molar-refractivity contribution in [2.45, 2.75) is 24.8 Å². The van der Waals surface area contributed by atoms with Crippen LogP contribution in [0.1, 0.15) is 12.5 Å². The lowest BCUT2D eigenvalue weighted by Gasteiger charge is -2.21. The average Bonchev–Trinajstić information content (AvgIpc) is 3.01. The molecule has 0 radical (unpaired) electrons. The summed E-state index contributed by atoms with van der Waals surface area (Å²) in [4.78, 5) is 4.04. The van der Waals surface area contributed by atoms with E-state index in [1.54, 1.807) is 24.3 Å². The van der Waals surface area contributed by atoms with Gasteiger partial charge in [0.25, 0.3) is 0 Å². The van der Waals surface area contributed by atoms with Crippen molar-refractivity contribution < 1.29 is 5.11 Å². The first-order chi connectivity index (χ1) is 9.74. The van der Waals surface area contributed by atoms with Gasteiger partial charge in [0.15, 0.2) is 0 Å². The lowest BCUT2D eigenvalue weighted by Crippen LogP contribution is -2.37. The SMILES string of the molecule is CSC(CO)C(C)NCc1ccc(-n2ccnc2)cc1. The van der Waals surface area contributed by atoms with Gasteiger partial charge in [-0.1, -0.05) is 12.1 Å². The highest BCUT2D eigenvalue weighted by Crippen LogP contribution is 2.12. The summed E-state index contributed by atoms with van der Waals surface area (Å²) in [6.07, 6.45) is 7.52. The maximum atomic E-state index is 9.27. The van der Waals surface area contributed by atoms with Crippen molar-refractivity contribution in [1.29, 1.82) is 0 Å². The highest BCUT2D eigenvalue weighted by Gasteiger charge is 2.14. The van der Waals surface area contributed by atoms with Crippen LogP contribution in [0.15, 0.2) is 43.0 Å². The summed E-state index contributed by atoms with van der Waals surface area (Å²) in [7, 11) is 0. The minimum absolute atomic E-state index is 0.203. The van der Waals surface area contributed by atoms with Crippen molar-refractivity contribution in [1.82, 2.24) is 14.9 Å². The monoisotopic (exact) mass is 291 g/mol. The molecule has 5 heteroatoms. The Morgan fingerprint density at radius 1 is 1.35 bits per heavy atom. The van der Waals surface area contributed by atoms with Crippen molar-refractivity contribution in [3.8, 4) is 5.69 Å². The molecule has 0 bridgehead atoms. The van der Waals surface area contributed by atoms with Crippen LogP contribution < -0.4 is 5.32 Å². The van der Waals surface area contributed by atoms with Crippen molar-refractivity contribution in [2.24, 2.45) is 0 Å². The number of thioether (sulfide) groups is 1. The van der Waals surface area contributed by atoms with Crippen molar-refractivity contribution in [3.05, 3.63) is 48.5 Å². The molecule has 0 aliphatic heterocycles. The van der Waals surface area contributed by atoms with E-state index in [0.29, 0.717) is 0 Å². The molecule has 2 unspecified atom stereocenters. The number of benzene rings is 1. The second kappa shape index (κ2) is 7.47. The van der Waals surface area contributed by atoms with E-state index in [1.165, 1.54) is 5.56 Å². The Kier molecular flexibility index (Phi) is 5.64. The molecule has 1 aromatic heterocycles. The number of hydrogen-bond donors (Lipinski definition) is 2. The van der Waals surface area contributed by atoms with Crippen LogP contribution in [0, 0.1) is 0 Å². The molecule has 108 valence electrons. The molecule has 0 amide bonds. The Morgan fingerprint density at radius 3 is 2.65 bits per heavy atom. The predicted molar refractivity (Wildman–Crippen MR) is 84.3 cm³/mol. The lowest BCUT2D eigenvalue weighted by atomic mass is 10.1. The van der Waals surface area contributed by atoms with E-state index in [2.05, 4.69) is 41.5 Å². The number of nitrogens with one attached hydrogen (secondary N) is 1. The Balaban J connectivity index is 1.91. The Morgan fingerprint density at radius 2 is 2.10 bits per heavy atom. The topological polar surface area (TPSA) is 50.1 Å². The predicted octanol–water partition coefficient (Wildman–Crippen LogP) is 2.07. The first kappa shape index (κ1) is 15.1. The van der Waals surface area contributed by atoms with Crippen LogP contribution in [0.25, 0.3) is 5.69 Å². The Bertz CT molecular complexity index is 494. The summed E-state index contributed by atoms with van der Waals surface area (Å²) < 4.78 is 1.98. The minimum Gasteiger partial charge on any atom is -0.395 e. The third-order valence-electron chi connectivity index (χ3n) is 3.41. The van der Waals surface area contributed by atoms with Gasteiger partial charge in [-0.2, -0.15) is 11.8 Å². The number of aliphatic hydroxyl groups excluding tert-OH is 1. The van der Waals surface area contributed by atoms with E-state index in [0.717, 1.165) is 12.2 Å². The smallest absolute Gasteiger partial charge is 0.0991 e. The fourth-order valence-corrected chi connectivity index (χ4v) is 2.70. The second-order valence-electron chi connectivity index (χ2n) is 4.76. The van der Waals surface area contributed by atoms with Crippen molar-refractivity contribution in [2.75, 3.05) is 12.9 Å². The molecule has 0 saturated heterocycles. The average molecular weight is 291 g/mol. The largest absolute Gasteiger partial charge is 0.395 e. The minimum atomic E-state index is 0.203. The van der Waals surface area contributed by atoms with Crippen molar-refractivity contribution >= 4 is 11.8 Å². The molecular weight excluding hydrogens is 270 g/mol. The summed E-state index contributed by atoms with van der Waals surface area (Å²) >= 11 is 1.69. The maximum Gasteiger partial charge on any atom is 0.0991 e. The van der Waals surface area contributed by atoms with E-state index in [9.17, 15) is 5.11 Å². The van der Waals surface area contributed by atoms with Crippen LogP contribution in [-0.2, 0) is 6.54 Å². The molecule has 0 saturated carbocycles. The third kappa shape index (κ3) is 3.85. The molecule has 2 atom stereocenters. The van der Waals surface area contributed by atoms with Gasteiger partial charge < -0.3 is 15.0 Å². The van der Waals surface area contributed by atoms with E-state index in [-0.39, 0.29) is 17.9 Å². The molecule has 0 fully saturated rings. The summed E-state index contributed by atoms with van der Waals surface area (Å²) in [6.45, 7) is 3.12. The molecule has 1 heterocycles. The number of imidazole rings is 1. The number of nitrogens with zero attached hydrogens (tertiary/aromatic N) is 2. The molecule has 2 aromatic rings. The standard InChI is InChI=1S/C15H21N3OS/c1-12(15(10-19)20-2)17-9-13-3-5-14(6-4-13)18-8-7-16-11-18/h3-8,11-12,15,17,19H,9-10H2,1-2H3. The number of hydrogen-bond acceptors (Lipinski definition) is 4. The molecule has 2 rings (SSSR count). The van der Waals surface area contributed by atoms with Crippen LogP contribution in [0.4, 0.5) is 0 Å². The maximum absolute atomic E-state index is 9.27. The van der Waals surface area contributed by atoms with E-state index in [1.807, 2.05) is 17.0 Å². The summed E-state index contributed by atoms with van der Waals surface area (Å²) in [5.74, 6) is 0. The first-order valence-electron chi connectivity index (χ1n) is 6.69. The Hall–Kier alpha value is -1.30. The van der Waals surface area contributed by atoms with Crippen LogP contribution in [0.3, 0.4) is 0 Å². The van der Waals surface area contributed by atoms with Crippen LogP contribution >= 0.6 is 11.8 Å². The fraction of sp³-hybridized carbons (Fsp3) is 0.400. The van der Waals surface area contributed by atoms with Gasteiger partial charge in [-0.3, -0.25) is 0 Å². The molecule has 4 nitrogen and oxygen atoms in total. The van der Waals surface area contributed by atoms with Gasteiger partial charge in [-0.25, -0.2) is 4.98 Å². The Labute approximate surface area is 124 Å². The van der Waals surface area contributed by atoms with E-state index < -0.39 is 0 Å². The van der Waals surface area contributed by atoms with Gasteiger partial charge >= 0.3 is 0 Å². The highest BCUT2D eigenvalue weighted by atomic mass is 32.2. The van der Waals surface area contributed by atoms with Gasteiger partial charge in [0.05, 0.1) is 12.9 Å². The normalized spacial score (nSPS) is 14.2. The first-order valence-corrected chi connectivity index (χ1v) is 7.97. The van der Waals surface area contributed by atoms with Crippen LogP contribution in [0.5, 0.6) is 0 Å². The van der Waals surface area contributed by atoms with Crippen LogP contribution in [-0.4, -0.2) is 38.8 Å². The summed E-state index contributed by atoms with van der Waals surface area (Å²) in [5.41, 5.74) is 2.34. The molecule has 0 spiro atoms. The highest BCUT2D eigenvalue weighted by molar-refractivity contribution is 7.99. The van der Waals surface area contributed by atoms with Gasteiger partial charge in [0.2, 0.25) is 0 Å². The number of rotatable bonds is 7. The zero-order chi connectivity index (χ0) is 14.4. The summed E-state index contributed by atoms with van der Waals surface area (Å²) in [5, 5.41) is 13.0. The molecule has 0 aliphatic rings. The number of aromatic nitrogens is 2. The number of aliphatic hydroxyl groups is 1. The molecule has 0 aliphatic carbocycles. The van der Waals surface area contributed by atoms with Crippen LogP contribution in [0.2, 0.25) is 0 Å². The van der Waals surface area contributed by atoms with E-state index >= 15 is 0 Å². The van der Waals surface area contributed by atoms with E-state index in [4.69, 9.17) is 0 Å².